The number of thiophene rings is 1. The monoisotopic (exact) mass is 250 g/mol. The highest BCUT2D eigenvalue weighted by molar-refractivity contribution is 7.17. The molecule has 1 atom stereocenters. The predicted molar refractivity (Wildman–Crippen MR) is 72.2 cm³/mol. The summed E-state index contributed by atoms with van der Waals surface area (Å²) in [5, 5.41) is 14.8. The summed E-state index contributed by atoms with van der Waals surface area (Å²) < 4.78 is 1.23. The lowest BCUT2D eigenvalue weighted by atomic mass is 10.2. The van der Waals surface area contributed by atoms with E-state index in [-0.39, 0.29) is 6.10 Å². The van der Waals surface area contributed by atoms with Gasteiger partial charge in [0.1, 0.15) is 0 Å². The van der Waals surface area contributed by atoms with E-state index in [1.54, 1.807) is 11.3 Å². The summed E-state index contributed by atoms with van der Waals surface area (Å²) in [6, 6.07) is 4.21. The maximum absolute atomic E-state index is 9.42. The van der Waals surface area contributed by atoms with Crippen molar-refractivity contribution in [3.8, 4) is 0 Å². The van der Waals surface area contributed by atoms with Crippen LogP contribution in [0.15, 0.2) is 23.7 Å². The number of aliphatic hydroxyl groups is 1. The molecule has 1 unspecified atom stereocenters. The zero-order valence-corrected chi connectivity index (χ0v) is 10.8. The molecule has 2 aromatic rings. The van der Waals surface area contributed by atoms with Crippen LogP contribution in [0.2, 0.25) is 0 Å². The molecule has 0 fully saturated rings. The molecule has 17 heavy (non-hydrogen) atoms. The molecule has 2 heterocycles. The van der Waals surface area contributed by atoms with Crippen LogP contribution in [0.4, 0.5) is 0 Å². The fraction of sp³-hybridized carbons (Fsp3) is 0.462. The molecule has 2 N–H and O–H groups in total. The number of nitrogens with zero attached hydrogens (tertiary/aromatic N) is 1. The van der Waals surface area contributed by atoms with Crippen molar-refractivity contribution in [2.45, 2.75) is 32.4 Å². The Morgan fingerprint density at radius 2 is 2.41 bits per heavy atom. The van der Waals surface area contributed by atoms with Gasteiger partial charge in [-0.2, -0.15) is 0 Å². The third-order valence-electron chi connectivity index (χ3n) is 2.81. The Bertz CT molecular complexity index is 469. The van der Waals surface area contributed by atoms with E-state index in [0.29, 0.717) is 0 Å². The van der Waals surface area contributed by atoms with Crippen LogP contribution in [0, 0.1) is 0 Å². The lowest BCUT2D eigenvalue weighted by Gasteiger charge is -2.08. The van der Waals surface area contributed by atoms with Gasteiger partial charge in [-0.3, -0.25) is 4.98 Å². The van der Waals surface area contributed by atoms with E-state index in [1.165, 1.54) is 10.3 Å². The smallest absolute Gasteiger partial charge is 0.0809 e. The van der Waals surface area contributed by atoms with Gasteiger partial charge in [0.05, 0.1) is 16.3 Å². The van der Waals surface area contributed by atoms with E-state index in [2.05, 4.69) is 21.7 Å². The normalized spacial score (nSPS) is 13.1. The SMILES string of the molecule is CCC(O)CCNCc1cnc2ccsc2c1. The minimum absolute atomic E-state index is 0.180. The largest absolute Gasteiger partial charge is 0.393 e. The minimum atomic E-state index is -0.180. The Morgan fingerprint density at radius 3 is 3.24 bits per heavy atom. The summed E-state index contributed by atoms with van der Waals surface area (Å²) in [6.07, 6.45) is 3.37. The second-order valence-corrected chi connectivity index (χ2v) is 5.12. The van der Waals surface area contributed by atoms with Crippen LogP contribution in [0.3, 0.4) is 0 Å². The van der Waals surface area contributed by atoms with Crippen LogP contribution in [-0.4, -0.2) is 22.7 Å². The summed E-state index contributed by atoms with van der Waals surface area (Å²) in [5.74, 6) is 0. The molecule has 92 valence electrons. The number of hydrogen-bond acceptors (Lipinski definition) is 4. The average Bonchev–Trinajstić information content (AvgIpc) is 2.81. The van der Waals surface area contributed by atoms with E-state index in [4.69, 9.17) is 0 Å². The van der Waals surface area contributed by atoms with Crippen molar-refractivity contribution >= 4 is 21.6 Å². The maximum Gasteiger partial charge on any atom is 0.0809 e. The Hall–Kier alpha value is -0.970. The van der Waals surface area contributed by atoms with Gasteiger partial charge in [0.2, 0.25) is 0 Å². The molecule has 0 amide bonds. The highest BCUT2D eigenvalue weighted by atomic mass is 32.1. The topological polar surface area (TPSA) is 45.1 Å². The Labute approximate surface area is 106 Å². The molecular weight excluding hydrogens is 232 g/mol. The molecule has 0 bridgehead atoms. The lowest BCUT2D eigenvalue weighted by Crippen LogP contribution is -2.19. The fourth-order valence-corrected chi connectivity index (χ4v) is 2.49. The first-order chi connectivity index (χ1) is 8.29. The molecule has 2 aromatic heterocycles. The molecule has 0 spiro atoms. The molecule has 0 radical (unpaired) electrons. The minimum Gasteiger partial charge on any atom is -0.393 e. The zero-order valence-electron chi connectivity index (χ0n) is 10.0. The van der Waals surface area contributed by atoms with Crippen LogP contribution in [-0.2, 0) is 6.54 Å². The summed E-state index contributed by atoms with van der Waals surface area (Å²) in [6.45, 7) is 3.66. The molecule has 0 aliphatic carbocycles. The quantitative estimate of drug-likeness (QED) is 0.774. The van der Waals surface area contributed by atoms with Crippen LogP contribution < -0.4 is 5.32 Å². The predicted octanol–water partition coefficient (Wildman–Crippen LogP) is 2.55. The van der Waals surface area contributed by atoms with E-state index >= 15 is 0 Å². The maximum atomic E-state index is 9.42. The third kappa shape index (κ3) is 3.49. The van der Waals surface area contributed by atoms with E-state index < -0.39 is 0 Å². The number of hydrogen-bond donors (Lipinski definition) is 2. The molecule has 0 saturated heterocycles. The van der Waals surface area contributed by atoms with Gasteiger partial charge in [-0.25, -0.2) is 0 Å². The summed E-state index contributed by atoms with van der Waals surface area (Å²) >= 11 is 1.72. The highest BCUT2D eigenvalue weighted by Gasteiger charge is 2.01. The summed E-state index contributed by atoms with van der Waals surface area (Å²) in [7, 11) is 0. The number of nitrogens with one attached hydrogen (secondary N) is 1. The second kappa shape index (κ2) is 6.10. The molecule has 4 heteroatoms. The Kier molecular flexibility index (Phi) is 4.48. The first-order valence-electron chi connectivity index (χ1n) is 6.00. The van der Waals surface area contributed by atoms with Crippen molar-refractivity contribution in [3.63, 3.8) is 0 Å². The molecule has 0 aliphatic heterocycles. The van der Waals surface area contributed by atoms with Gasteiger partial charge < -0.3 is 10.4 Å². The van der Waals surface area contributed by atoms with Crippen LogP contribution in [0.1, 0.15) is 25.3 Å². The van der Waals surface area contributed by atoms with Crippen molar-refractivity contribution in [1.82, 2.24) is 10.3 Å². The van der Waals surface area contributed by atoms with Crippen LogP contribution >= 0.6 is 11.3 Å². The van der Waals surface area contributed by atoms with Gasteiger partial charge in [-0.1, -0.05) is 6.92 Å². The Morgan fingerprint density at radius 1 is 1.53 bits per heavy atom. The second-order valence-electron chi connectivity index (χ2n) is 4.18. The number of aliphatic hydroxyl groups excluding tert-OH is 1. The third-order valence-corrected chi connectivity index (χ3v) is 3.67. The summed E-state index contributed by atoms with van der Waals surface area (Å²) in [4.78, 5) is 4.39. The molecule has 0 saturated carbocycles. The highest BCUT2D eigenvalue weighted by Crippen LogP contribution is 2.19. The van der Waals surface area contributed by atoms with Crippen LogP contribution in [0.25, 0.3) is 10.2 Å². The van der Waals surface area contributed by atoms with E-state index in [9.17, 15) is 5.11 Å². The number of rotatable bonds is 6. The van der Waals surface area contributed by atoms with Gasteiger partial charge in [-0.15, -0.1) is 11.3 Å². The first-order valence-corrected chi connectivity index (χ1v) is 6.88. The summed E-state index contributed by atoms with van der Waals surface area (Å²) in [5.41, 5.74) is 2.27. The van der Waals surface area contributed by atoms with Gasteiger partial charge in [0, 0.05) is 12.7 Å². The van der Waals surface area contributed by atoms with Crippen molar-refractivity contribution in [2.75, 3.05) is 6.54 Å². The molecule has 2 rings (SSSR count). The van der Waals surface area contributed by atoms with Crippen molar-refractivity contribution in [2.24, 2.45) is 0 Å². The molecule has 0 aromatic carbocycles. The fourth-order valence-electron chi connectivity index (χ4n) is 1.69. The number of fused-ring (bicyclic) bond motifs is 1. The molecular formula is C13H18N2OS. The van der Waals surface area contributed by atoms with Gasteiger partial charge >= 0.3 is 0 Å². The first kappa shape index (κ1) is 12.5. The number of aromatic nitrogens is 1. The van der Waals surface area contributed by atoms with Crippen molar-refractivity contribution in [3.05, 3.63) is 29.3 Å². The van der Waals surface area contributed by atoms with Crippen molar-refractivity contribution in [1.29, 1.82) is 0 Å². The van der Waals surface area contributed by atoms with Gasteiger partial charge in [0.15, 0.2) is 0 Å². The lowest BCUT2D eigenvalue weighted by molar-refractivity contribution is 0.159. The molecule has 3 nitrogen and oxygen atoms in total. The van der Waals surface area contributed by atoms with Crippen LogP contribution in [0.5, 0.6) is 0 Å². The van der Waals surface area contributed by atoms with Gasteiger partial charge in [-0.05, 0) is 42.5 Å². The number of pyridine rings is 1. The average molecular weight is 250 g/mol. The standard InChI is InChI=1S/C13H18N2OS/c1-2-11(16)3-5-14-8-10-7-13-12(15-9-10)4-6-17-13/h4,6-7,9,11,14,16H,2-3,5,8H2,1H3. The molecule has 0 aliphatic rings. The zero-order chi connectivity index (χ0) is 12.1. The van der Waals surface area contributed by atoms with Crippen molar-refractivity contribution < 1.29 is 5.11 Å². The van der Waals surface area contributed by atoms with E-state index in [0.717, 1.165) is 31.4 Å². The van der Waals surface area contributed by atoms with Gasteiger partial charge in [0.25, 0.3) is 0 Å². The van der Waals surface area contributed by atoms with E-state index in [1.807, 2.05) is 19.2 Å². The Balaban J connectivity index is 1.82.